The van der Waals surface area contributed by atoms with Gasteiger partial charge in [-0.2, -0.15) is 0 Å². The molecule has 48 valence electrons. The minimum Gasteiger partial charge on any atom is -0.858 e. The average molecular weight is 186 g/mol. The Morgan fingerprint density at radius 2 is 2.00 bits per heavy atom. The molecule has 0 unspecified atom stereocenters. The van der Waals surface area contributed by atoms with Crippen LogP contribution >= 0.6 is 23.2 Å². The summed E-state index contributed by atoms with van der Waals surface area (Å²) in [4.78, 5) is 3.36. The maximum absolute atomic E-state index is 10.5. The molecule has 1 aromatic heterocycles. The van der Waals surface area contributed by atoms with Gasteiger partial charge in [-0.05, 0) is 6.07 Å². The molecule has 0 atom stereocenters. The van der Waals surface area contributed by atoms with Gasteiger partial charge in [-0.3, -0.25) is 4.98 Å². The number of halogens is 2. The van der Waals surface area contributed by atoms with E-state index in [1.54, 1.807) is 0 Å². The van der Waals surface area contributed by atoms with Gasteiger partial charge in [0.25, 0.3) is 0 Å². The van der Waals surface area contributed by atoms with Gasteiger partial charge in [0.15, 0.2) is 0 Å². The molecular weight excluding hydrogens is 184 g/mol. The second-order valence-electron chi connectivity index (χ2n) is 1.44. The van der Waals surface area contributed by atoms with Crippen LogP contribution in [0.25, 0.3) is 0 Å². The first-order valence-corrected chi connectivity index (χ1v) is 2.94. The molecule has 0 fully saturated rings. The number of hydrogen-bond acceptors (Lipinski definition) is 2. The summed E-state index contributed by atoms with van der Waals surface area (Å²) in [6.07, 6.45) is 1.26. The fourth-order valence-corrected chi connectivity index (χ4v) is 0.782. The fraction of sp³-hybridized carbons (Fsp3) is 0. The molecule has 1 aromatic rings. The van der Waals surface area contributed by atoms with Crippen molar-refractivity contribution in [1.82, 2.24) is 4.98 Å². The van der Waals surface area contributed by atoms with Crippen molar-refractivity contribution in [2.24, 2.45) is 0 Å². The SMILES string of the molecule is [Na+].[O-]c1ncc(Cl)cc1Cl. The Hall–Kier alpha value is 0.530. The van der Waals surface area contributed by atoms with Crippen molar-refractivity contribution in [1.29, 1.82) is 0 Å². The van der Waals surface area contributed by atoms with Gasteiger partial charge >= 0.3 is 29.6 Å². The molecule has 0 spiro atoms. The van der Waals surface area contributed by atoms with E-state index in [1.165, 1.54) is 12.3 Å². The molecule has 1 heterocycles. The van der Waals surface area contributed by atoms with Gasteiger partial charge in [0.2, 0.25) is 0 Å². The van der Waals surface area contributed by atoms with E-state index in [2.05, 4.69) is 4.98 Å². The Labute approximate surface area is 90.5 Å². The second-order valence-corrected chi connectivity index (χ2v) is 2.28. The minimum atomic E-state index is -0.443. The van der Waals surface area contributed by atoms with Crippen LogP contribution in [0.3, 0.4) is 0 Å². The first-order chi connectivity index (χ1) is 4.20. The third-order valence-corrected chi connectivity index (χ3v) is 1.25. The van der Waals surface area contributed by atoms with Crippen molar-refractivity contribution in [2.75, 3.05) is 0 Å². The van der Waals surface area contributed by atoms with Crippen LogP contribution in [-0.4, -0.2) is 4.98 Å². The van der Waals surface area contributed by atoms with Crippen molar-refractivity contribution >= 4 is 23.2 Å². The van der Waals surface area contributed by atoms with Gasteiger partial charge < -0.3 is 5.11 Å². The number of aromatic nitrogens is 1. The van der Waals surface area contributed by atoms with Gasteiger partial charge in [-0.1, -0.05) is 23.2 Å². The van der Waals surface area contributed by atoms with E-state index in [-0.39, 0.29) is 34.6 Å². The summed E-state index contributed by atoms with van der Waals surface area (Å²) in [6, 6.07) is 1.36. The van der Waals surface area contributed by atoms with Gasteiger partial charge in [-0.25, -0.2) is 0 Å². The van der Waals surface area contributed by atoms with Crippen LogP contribution in [0.4, 0.5) is 0 Å². The summed E-state index contributed by atoms with van der Waals surface area (Å²) >= 11 is 10.8. The molecule has 0 radical (unpaired) electrons. The third-order valence-electron chi connectivity index (χ3n) is 0.774. The Morgan fingerprint density at radius 1 is 1.40 bits per heavy atom. The molecule has 2 nitrogen and oxygen atoms in total. The van der Waals surface area contributed by atoms with Gasteiger partial charge in [0, 0.05) is 12.1 Å². The number of rotatable bonds is 0. The molecule has 0 N–H and O–H groups in total. The quantitative estimate of drug-likeness (QED) is 0.460. The van der Waals surface area contributed by atoms with Gasteiger partial charge in [-0.15, -0.1) is 0 Å². The van der Waals surface area contributed by atoms with E-state index in [0.717, 1.165) is 0 Å². The molecule has 0 bridgehead atoms. The van der Waals surface area contributed by atoms with Crippen molar-refractivity contribution in [3.8, 4) is 5.88 Å². The summed E-state index contributed by atoms with van der Waals surface area (Å²) in [5.74, 6) is -0.443. The topological polar surface area (TPSA) is 36.0 Å². The van der Waals surface area contributed by atoms with E-state index >= 15 is 0 Å². The van der Waals surface area contributed by atoms with Gasteiger partial charge in [0.1, 0.15) is 0 Å². The van der Waals surface area contributed by atoms with Crippen LogP contribution < -0.4 is 34.7 Å². The molecule has 0 saturated carbocycles. The predicted octanol–water partition coefficient (Wildman–Crippen LogP) is -1.53. The molecule has 0 aliphatic carbocycles. The van der Waals surface area contributed by atoms with E-state index in [4.69, 9.17) is 23.2 Å². The third kappa shape index (κ3) is 2.64. The van der Waals surface area contributed by atoms with E-state index < -0.39 is 5.88 Å². The van der Waals surface area contributed by atoms with Crippen molar-refractivity contribution in [2.45, 2.75) is 0 Å². The fourth-order valence-electron chi connectivity index (χ4n) is 0.402. The summed E-state index contributed by atoms with van der Waals surface area (Å²) in [5, 5.41) is 10.9. The number of hydrogen-bond donors (Lipinski definition) is 0. The Balaban J connectivity index is 0.000000810. The zero-order valence-corrected chi connectivity index (χ0v) is 8.78. The number of pyridine rings is 1. The Kier molecular flexibility index (Phi) is 4.65. The molecule has 0 aliphatic rings. The van der Waals surface area contributed by atoms with Crippen LogP contribution in [-0.2, 0) is 0 Å². The zero-order valence-electron chi connectivity index (χ0n) is 5.27. The molecule has 1 rings (SSSR count). The van der Waals surface area contributed by atoms with E-state index in [9.17, 15) is 5.11 Å². The van der Waals surface area contributed by atoms with Crippen LogP contribution in [0.15, 0.2) is 12.3 Å². The first-order valence-electron chi connectivity index (χ1n) is 2.18. The predicted molar refractivity (Wildman–Crippen MR) is 33.7 cm³/mol. The normalized spacial score (nSPS) is 8.60. The van der Waals surface area contributed by atoms with Crippen molar-refractivity contribution in [3.05, 3.63) is 22.3 Å². The monoisotopic (exact) mass is 185 g/mol. The summed E-state index contributed by atoms with van der Waals surface area (Å²) in [7, 11) is 0. The van der Waals surface area contributed by atoms with Crippen LogP contribution in [0.5, 0.6) is 5.88 Å². The molecule has 5 heteroatoms. The summed E-state index contributed by atoms with van der Waals surface area (Å²) < 4.78 is 0. The maximum atomic E-state index is 10.5. The average Bonchev–Trinajstić information content (AvgIpc) is 1.80. The molecule has 0 saturated heterocycles. The maximum Gasteiger partial charge on any atom is 1.00 e. The summed E-state index contributed by atoms with van der Waals surface area (Å²) in [6.45, 7) is 0. The minimum absolute atomic E-state index is 0. The van der Waals surface area contributed by atoms with Crippen LogP contribution in [0.2, 0.25) is 10.0 Å². The molecule has 10 heavy (non-hydrogen) atoms. The Bertz CT molecular complexity index is 231. The smallest absolute Gasteiger partial charge is 0.858 e. The molecule has 0 aliphatic heterocycles. The molecular formula is C5H2Cl2NNaO. The van der Waals surface area contributed by atoms with Crippen LogP contribution in [0.1, 0.15) is 0 Å². The summed E-state index contributed by atoms with van der Waals surface area (Å²) in [5.41, 5.74) is 0. The molecule has 0 amide bonds. The van der Waals surface area contributed by atoms with Crippen molar-refractivity contribution < 1.29 is 34.7 Å². The number of nitrogens with zero attached hydrogens (tertiary/aromatic N) is 1. The van der Waals surface area contributed by atoms with Crippen LogP contribution in [0, 0.1) is 0 Å². The van der Waals surface area contributed by atoms with Crippen molar-refractivity contribution in [3.63, 3.8) is 0 Å². The Morgan fingerprint density at radius 3 is 2.40 bits per heavy atom. The van der Waals surface area contributed by atoms with Gasteiger partial charge in [0.05, 0.1) is 10.0 Å². The molecule has 0 aromatic carbocycles. The largest absolute Gasteiger partial charge is 1.00 e. The zero-order chi connectivity index (χ0) is 6.85. The van der Waals surface area contributed by atoms with E-state index in [1.807, 2.05) is 0 Å². The second kappa shape index (κ2) is 4.42. The van der Waals surface area contributed by atoms with E-state index in [0.29, 0.717) is 5.02 Å². The first kappa shape index (κ1) is 10.5. The standard InChI is InChI=1S/C5H3Cl2NO.Na/c6-3-1-4(7)5(9)8-2-3;/h1-2H,(H,8,9);/q;+1/p-1.